The number of halogens is 1. The van der Waals surface area contributed by atoms with E-state index in [1.54, 1.807) is 7.05 Å². The highest BCUT2D eigenvalue weighted by molar-refractivity contribution is 14.1. The van der Waals surface area contributed by atoms with Crippen LogP contribution in [0.5, 0.6) is 0 Å². The molecular weight excluding hydrogens is 233 g/mol. The third-order valence-corrected chi connectivity index (χ3v) is 1.79. The molecule has 0 aliphatic carbocycles. The van der Waals surface area contributed by atoms with Crippen molar-refractivity contribution in [2.45, 2.75) is 3.92 Å². The molecule has 0 heterocycles. The van der Waals surface area contributed by atoms with Gasteiger partial charge in [-0.3, -0.25) is 4.79 Å². The summed E-state index contributed by atoms with van der Waals surface area (Å²) in [5.41, 5.74) is 0. The maximum atomic E-state index is 10.6. The molecular formula is C5H10INO2. The summed E-state index contributed by atoms with van der Waals surface area (Å²) in [5.74, 6) is -0.176. The Labute approximate surface area is 68.3 Å². The Bertz CT molecular complexity index is 97.0. The molecule has 0 spiro atoms. The van der Waals surface area contributed by atoms with Crippen LogP contribution in [0.4, 0.5) is 0 Å². The van der Waals surface area contributed by atoms with E-state index in [-0.39, 0.29) is 9.89 Å². The Morgan fingerprint density at radius 2 is 2.44 bits per heavy atom. The molecule has 0 aromatic carbocycles. The Kier molecular flexibility index (Phi) is 5.07. The standard InChI is InChI=1S/C5H10INO2/c1-7-3-4(6)5(8)9-2/h4,7H,3H2,1-2H3. The Morgan fingerprint density at radius 1 is 1.89 bits per heavy atom. The highest BCUT2D eigenvalue weighted by atomic mass is 127. The van der Waals surface area contributed by atoms with Crippen LogP contribution in [0.25, 0.3) is 0 Å². The number of esters is 1. The molecule has 0 saturated carbocycles. The summed E-state index contributed by atoms with van der Waals surface area (Å²) in [6, 6.07) is 0. The first-order valence-electron chi connectivity index (χ1n) is 2.59. The number of hydrogen-bond donors (Lipinski definition) is 1. The minimum absolute atomic E-state index is 0.0717. The summed E-state index contributed by atoms with van der Waals surface area (Å²) in [6.45, 7) is 0.660. The number of rotatable bonds is 3. The predicted molar refractivity (Wildman–Crippen MR) is 43.8 cm³/mol. The van der Waals surface area contributed by atoms with Crippen molar-refractivity contribution in [1.82, 2.24) is 5.32 Å². The maximum absolute atomic E-state index is 10.6. The van der Waals surface area contributed by atoms with Crippen molar-refractivity contribution in [2.75, 3.05) is 20.7 Å². The van der Waals surface area contributed by atoms with Crippen LogP contribution in [-0.2, 0) is 9.53 Å². The largest absolute Gasteiger partial charge is 0.468 e. The van der Waals surface area contributed by atoms with Crippen LogP contribution < -0.4 is 5.32 Å². The van der Waals surface area contributed by atoms with Crippen molar-refractivity contribution in [2.24, 2.45) is 0 Å². The number of carbonyl (C=O) groups is 1. The summed E-state index contributed by atoms with van der Waals surface area (Å²) in [6.07, 6.45) is 0. The van der Waals surface area contributed by atoms with E-state index in [1.165, 1.54) is 7.11 Å². The summed E-state index contributed by atoms with van der Waals surface area (Å²) in [4.78, 5) is 10.6. The van der Waals surface area contributed by atoms with Crippen molar-refractivity contribution >= 4 is 28.6 Å². The van der Waals surface area contributed by atoms with Gasteiger partial charge in [0.15, 0.2) is 0 Å². The van der Waals surface area contributed by atoms with E-state index in [0.717, 1.165) is 0 Å². The van der Waals surface area contributed by atoms with Gasteiger partial charge in [-0.2, -0.15) is 0 Å². The minimum atomic E-state index is -0.176. The molecule has 0 rings (SSSR count). The molecule has 0 fully saturated rings. The van der Waals surface area contributed by atoms with Crippen LogP contribution in [0, 0.1) is 0 Å². The van der Waals surface area contributed by atoms with E-state index in [4.69, 9.17) is 0 Å². The normalized spacial score (nSPS) is 12.8. The molecule has 1 atom stereocenters. The fourth-order valence-corrected chi connectivity index (χ4v) is 1.09. The molecule has 0 saturated heterocycles. The molecule has 0 aromatic heterocycles. The van der Waals surface area contributed by atoms with E-state index >= 15 is 0 Å². The molecule has 9 heavy (non-hydrogen) atoms. The van der Waals surface area contributed by atoms with Crippen LogP contribution in [-0.4, -0.2) is 30.6 Å². The van der Waals surface area contributed by atoms with E-state index in [0.29, 0.717) is 6.54 Å². The highest BCUT2D eigenvalue weighted by Crippen LogP contribution is 1.99. The molecule has 0 aliphatic heterocycles. The summed E-state index contributed by atoms with van der Waals surface area (Å²) in [7, 11) is 3.19. The quantitative estimate of drug-likeness (QED) is 0.436. The average molecular weight is 243 g/mol. The first-order chi connectivity index (χ1) is 4.22. The predicted octanol–water partition coefficient (Wildman–Crippen LogP) is 0.182. The van der Waals surface area contributed by atoms with Crippen LogP contribution >= 0.6 is 22.6 Å². The van der Waals surface area contributed by atoms with Crippen molar-refractivity contribution in [1.29, 1.82) is 0 Å². The van der Waals surface area contributed by atoms with E-state index in [9.17, 15) is 4.79 Å². The molecule has 0 amide bonds. The number of carbonyl (C=O) groups excluding carboxylic acids is 1. The number of alkyl halides is 1. The third-order valence-electron chi connectivity index (χ3n) is 0.840. The van der Waals surface area contributed by atoms with Gasteiger partial charge in [-0.25, -0.2) is 0 Å². The molecule has 3 nitrogen and oxygen atoms in total. The van der Waals surface area contributed by atoms with E-state index < -0.39 is 0 Å². The second kappa shape index (κ2) is 4.99. The third kappa shape index (κ3) is 3.69. The van der Waals surface area contributed by atoms with Gasteiger partial charge in [0.2, 0.25) is 0 Å². The molecule has 4 heteroatoms. The fraction of sp³-hybridized carbons (Fsp3) is 0.800. The number of nitrogens with one attached hydrogen (secondary N) is 1. The Hall–Kier alpha value is 0.160. The molecule has 54 valence electrons. The van der Waals surface area contributed by atoms with Gasteiger partial charge in [0.05, 0.1) is 7.11 Å². The number of hydrogen-bond acceptors (Lipinski definition) is 3. The Morgan fingerprint density at radius 3 is 2.78 bits per heavy atom. The van der Waals surface area contributed by atoms with Gasteiger partial charge in [-0.1, -0.05) is 22.6 Å². The van der Waals surface area contributed by atoms with Gasteiger partial charge in [0.25, 0.3) is 0 Å². The van der Waals surface area contributed by atoms with Crippen LogP contribution in [0.2, 0.25) is 0 Å². The first kappa shape index (κ1) is 9.16. The maximum Gasteiger partial charge on any atom is 0.319 e. The smallest absolute Gasteiger partial charge is 0.319 e. The summed E-state index contributed by atoms with van der Waals surface area (Å²) < 4.78 is 4.41. The summed E-state index contributed by atoms with van der Waals surface area (Å²) in [5, 5.41) is 2.87. The highest BCUT2D eigenvalue weighted by Gasteiger charge is 2.12. The molecule has 0 aliphatic rings. The van der Waals surface area contributed by atoms with Gasteiger partial charge >= 0.3 is 5.97 Å². The van der Waals surface area contributed by atoms with Gasteiger partial charge in [-0.15, -0.1) is 0 Å². The summed E-state index contributed by atoms with van der Waals surface area (Å²) >= 11 is 2.03. The number of methoxy groups -OCH3 is 1. The molecule has 0 bridgehead atoms. The average Bonchev–Trinajstić information content (AvgIpc) is 1.87. The van der Waals surface area contributed by atoms with Crippen LogP contribution in [0.15, 0.2) is 0 Å². The van der Waals surface area contributed by atoms with Crippen LogP contribution in [0.3, 0.4) is 0 Å². The van der Waals surface area contributed by atoms with Gasteiger partial charge in [0.1, 0.15) is 3.92 Å². The number of ether oxygens (including phenoxy) is 1. The Balaban J connectivity index is 3.45. The van der Waals surface area contributed by atoms with Crippen molar-refractivity contribution < 1.29 is 9.53 Å². The minimum Gasteiger partial charge on any atom is -0.468 e. The second-order valence-electron chi connectivity index (χ2n) is 1.55. The fourth-order valence-electron chi connectivity index (χ4n) is 0.390. The van der Waals surface area contributed by atoms with Gasteiger partial charge < -0.3 is 10.1 Å². The second-order valence-corrected chi connectivity index (χ2v) is 3.05. The van der Waals surface area contributed by atoms with Crippen molar-refractivity contribution in [3.63, 3.8) is 0 Å². The SMILES string of the molecule is CNCC(I)C(=O)OC. The van der Waals surface area contributed by atoms with E-state index in [1.807, 2.05) is 22.6 Å². The zero-order valence-corrected chi connectivity index (χ0v) is 7.64. The lowest BCUT2D eigenvalue weighted by Gasteiger charge is -2.04. The van der Waals surface area contributed by atoms with E-state index in [2.05, 4.69) is 10.1 Å². The van der Waals surface area contributed by atoms with Gasteiger partial charge in [0, 0.05) is 6.54 Å². The first-order valence-corrected chi connectivity index (χ1v) is 3.83. The monoisotopic (exact) mass is 243 g/mol. The molecule has 0 aromatic rings. The van der Waals surface area contributed by atoms with Gasteiger partial charge in [-0.05, 0) is 7.05 Å². The lowest BCUT2D eigenvalue weighted by Crippen LogP contribution is -2.26. The lowest BCUT2D eigenvalue weighted by molar-refractivity contribution is -0.139. The molecule has 1 N–H and O–H groups in total. The zero-order chi connectivity index (χ0) is 7.28. The molecule has 1 unspecified atom stereocenters. The topological polar surface area (TPSA) is 38.3 Å². The lowest BCUT2D eigenvalue weighted by atomic mass is 10.4. The van der Waals surface area contributed by atoms with Crippen molar-refractivity contribution in [3.8, 4) is 0 Å². The zero-order valence-electron chi connectivity index (χ0n) is 5.48. The van der Waals surface area contributed by atoms with Crippen LogP contribution in [0.1, 0.15) is 0 Å². The van der Waals surface area contributed by atoms with Crippen molar-refractivity contribution in [3.05, 3.63) is 0 Å². The molecule has 0 radical (unpaired) electrons.